The van der Waals surface area contributed by atoms with E-state index in [4.69, 9.17) is 9.47 Å². The quantitative estimate of drug-likeness (QED) is 0.724. The van der Waals surface area contributed by atoms with Crippen molar-refractivity contribution < 1.29 is 14.3 Å². The number of carbonyl (C=O) groups is 1. The first-order valence-corrected chi connectivity index (χ1v) is 10.1. The van der Waals surface area contributed by atoms with Crippen LogP contribution in [0.1, 0.15) is 24.0 Å². The largest absolute Gasteiger partial charge is 0.454 e. The molecular weight excluding hydrogens is 382 g/mol. The molecule has 0 spiro atoms. The van der Waals surface area contributed by atoms with Gasteiger partial charge in [0.2, 0.25) is 12.7 Å². The third-order valence-electron chi connectivity index (χ3n) is 5.46. The van der Waals surface area contributed by atoms with Gasteiger partial charge in [-0.3, -0.25) is 9.59 Å². The van der Waals surface area contributed by atoms with E-state index in [1.165, 1.54) is 4.68 Å². The van der Waals surface area contributed by atoms with Gasteiger partial charge in [-0.1, -0.05) is 30.3 Å². The van der Waals surface area contributed by atoms with Crippen molar-refractivity contribution in [1.29, 1.82) is 0 Å². The highest BCUT2D eigenvalue weighted by molar-refractivity contribution is 5.91. The van der Waals surface area contributed by atoms with Gasteiger partial charge >= 0.3 is 0 Å². The molecule has 0 unspecified atom stereocenters. The number of aromatic nitrogens is 2. The Kier molecular flexibility index (Phi) is 4.71. The van der Waals surface area contributed by atoms with Crippen LogP contribution in [-0.2, 0) is 24.2 Å². The molecule has 0 bridgehead atoms. The molecule has 5 rings (SSSR count). The maximum absolute atomic E-state index is 13.0. The first-order chi connectivity index (χ1) is 14.7. The zero-order valence-electron chi connectivity index (χ0n) is 16.4. The lowest BCUT2D eigenvalue weighted by atomic mass is 9.90. The van der Waals surface area contributed by atoms with Crippen LogP contribution in [0.4, 0.5) is 5.69 Å². The fourth-order valence-electron chi connectivity index (χ4n) is 4.03. The lowest BCUT2D eigenvalue weighted by molar-refractivity contribution is -0.117. The first-order valence-electron chi connectivity index (χ1n) is 10.1. The fourth-order valence-corrected chi connectivity index (χ4v) is 4.03. The third-order valence-corrected chi connectivity index (χ3v) is 5.46. The molecule has 2 heterocycles. The van der Waals surface area contributed by atoms with E-state index < -0.39 is 0 Å². The van der Waals surface area contributed by atoms with Crippen LogP contribution in [0.2, 0.25) is 0 Å². The van der Waals surface area contributed by atoms with Gasteiger partial charge in [0.05, 0.1) is 5.69 Å². The van der Waals surface area contributed by atoms with E-state index in [1.807, 2.05) is 30.3 Å². The van der Waals surface area contributed by atoms with Gasteiger partial charge in [0.15, 0.2) is 11.5 Å². The van der Waals surface area contributed by atoms with Crippen molar-refractivity contribution >= 4 is 11.6 Å². The van der Waals surface area contributed by atoms with Crippen molar-refractivity contribution in [2.75, 3.05) is 12.1 Å². The summed E-state index contributed by atoms with van der Waals surface area (Å²) in [6.45, 7) is 0.0177. The first kappa shape index (κ1) is 18.4. The lowest BCUT2D eigenvalue weighted by Crippen LogP contribution is -2.34. The Hall–Kier alpha value is -3.61. The average Bonchev–Trinajstić information content (AvgIpc) is 3.24. The predicted molar refractivity (Wildman–Crippen MR) is 112 cm³/mol. The van der Waals surface area contributed by atoms with Crippen LogP contribution >= 0.6 is 0 Å². The molecule has 30 heavy (non-hydrogen) atoms. The number of nitrogens with zero attached hydrogens (tertiary/aromatic N) is 2. The average molecular weight is 403 g/mol. The van der Waals surface area contributed by atoms with E-state index in [9.17, 15) is 9.59 Å². The molecule has 0 atom stereocenters. The molecule has 3 aromatic rings. The Labute approximate surface area is 173 Å². The van der Waals surface area contributed by atoms with Crippen LogP contribution in [0.3, 0.4) is 0 Å². The van der Waals surface area contributed by atoms with Crippen molar-refractivity contribution in [3.63, 3.8) is 0 Å². The summed E-state index contributed by atoms with van der Waals surface area (Å²) < 4.78 is 11.9. The van der Waals surface area contributed by atoms with Crippen LogP contribution in [0.5, 0.6) is 11.5 Å². The highest BCUT2D eigenvalue weighted by Crippen LogP contribution is 2.34. The number of ether oxygens (including phenoxy) is 2. The zero-order valence-corrected chi connectivity index (χ0v) is 16.4. The van der Waals surface area contributed by atoms with Gasteiger partial charge in [0.25, 0.3) is 5.56 Å². The van der Waals surface area contributed by atoms with Gasteiger partial charge in [-0.25, -0.2) is 4.68 Å². The van der Waals surface area contributed by atoms with E-state index in [0.717, 1.165) is 48.1 Å². The molecule has 2 aliphatic rings. The molecule has 7 nitrogen and oxygen atoms in total. The second-order valence-electron chi connectivity index (χ2n) is 7.46. The van der Waals surface area contributed by atoms with Crippen molar-refractivity contribution in [3.8, 4) is 22.8 Å². The van der Waals surface area contributed by atoms with Gasteiger partial charge in [-0.15, -0.1) is 0 Å². The minimum Gasteiger partial charge on any atom is -0.454 e. The van der Waals surface area contributed by atoms with Crippen molar-refractivity contribution in [2.45, 2.75) is 32.2 Å². The second kappa shape index (κ2) is 7.67. The number of hydrogen-bond donors (Lipinski definition) is 1. The summed E-state index contributed by atoms with van der Waals surface area (Å²) in [5.74, 6) is 0.912. The maximum Gasteiger partial charge on any atom is 0.270 e. The van der Waals surface area contributed by atoms with E-state index in [2.05, 4.69) is 10.4 Å². The molecule has 1 aliphatic carbocycles. The Bertz CT molecular complexity index is 1170. The number of carbonyl (C=O) groups excluding carboxylic acids is 1. The Morgan fingerprint density at radius 3 is 2.60 bits per heavy atom. The number of nitrogens with one attached hydrogen (secondary N) is 1. The smallest absolute Gasteiger partial charge is 0.270 e. The molecule has 0 fully saturated rings. The van der Waals surface area contributed by atoms with Crippen LogP contribution in [0.15, 0.2) is 53.3 Å². The maximum atomic E-state index is 13.0. The monoisotopic (exact) mass is 403 g/mol. The highest BCUT2D eigenvalue weighted by Gasteiger charge is 2.22. The molecule has 1 aliphatic heterocycles. The normalized spacial score (nSPS) is 14.3. The minimum absolute atomic E-state index is 0.152. The van der Waals surface area contributed by atoms with Gasteiger partial charge in [-0.05, 0) is 43.4 Å². The van der Waals surface area contributed by atoms with Crippen molar-refractivity contribution in [1.82, 2.24) is 9.78 Å². The summed E-state index contributed by atoms with van der Waals surface area (Å²) in [6.07, 6.45) is 3.58. The molecule has 1 aromatic heterocycles. The third kappa shape index (κ3) is 3.43. The summed E-state index contributed by atoms with van der Waals surface area (Å²) in [5, 5.41) is 7.41. The molecule has 1 N–H and O–H groups in total. The minimum atomic E-state index is -0.321. The van der Waals surface area contributed by atoms with E-state index in [-0.39, 0.29) is 24.8 Å². The zero-order chi connectivity index (χ0) is 20.5. The number of amides is 1. The van der Waals surface area contributed by atoms with Crippen molar-refractivity contribution in [2.24, 2.45) is 0 Å². The molecule has 7 heteroatoms. The van der Waals surface area contributed by atoms with Gasteiger partial charge in [0.1, 0.15) is 6.54 Å². The fraction of sp³-hybridized carbons (Fsp3) is 0.261. The highest BCUT2D eigenvalue weighted by atomic mass is 16.7. The van der Waals surface area contributed by atoms with Gasteiger partial charge < -0.3 is 14.8 Å². The van der Waals surface area contributed by atoms with Gasteiger partial charge in [0, 0.05) is 22.9 Å². The van der Waals surface area contributed by atoms with E-state index in [0.29, 0.717) is 17.2 Å². The number of fused-ring (bicyclic) bond motifs is 2. The summed E-state index contributed by atoms with van der Waals surface area (Å²) >= 11 is 0. The molecule has 1 amide bonds. The van der Waals surface area contributed by atoms with E-state index in [1.54, 1.807) is 18.2 Å². The Morgan fingerprint density at radius 2 is 1.77 bits per heavy atom. The van der Waals surface area contributed by atoms with E-state index >= 15 is 0 Å². The van der Waals surface area contributed by atoms with Gasteiger partial charge in [-0.2, -0.15) is 5.10 Å². The number of benzene rings is 2. The number of hydrogen-bond acceptors (Lipinski definition) is 5. The van der Waals surface area contributed by atoms with Crippen LogP contribution in [0, 0.1) is 0 Å². The Balaban J connectivity index is 1.45. The van der Waals surface area contributed by atoms with Crippen LogP contribution in [-0.4, -0.2) is 22.5 Å². The second-order valence-corrected chi connectivity index (χ2v) is 7.46. The number of anilines is 1. The Morgan fingerprint density at radius 1 is 1.00 bits per heavy atom. The van der Waals surface area contributed by atoms with Crippen LogP contribution in [0.25, 0.3) is 11.3 Å². The lowest BCUT2D eigenvalue weighted by Gasteiger charge is -2.20. The molecule has 0 radical (unpaired) electrons. The van der Waals surface area contributed by atoms with Crippen molar-refractivity contribution in [3.05, 3.63) is 70.0 Å². The summed E-state index contributed by atoms with van der Waals surface area (Å²) in [4.78, 5) is 25.7. The summed E-state index contributed by atoms with van der Waals surface area (Å²) in [7, 11) is 0. The standard InChI is InChI=1S/C23H21N3O4/c27-21(24-16-10-11-19-20(12-16)30-14-29-19)13-26-23(28)18-9-5-4-8-17(18)22(25-26)15-6-2-1-3-7-15/h1-3,6-7,10-12H,4-5,8-9,13-14H2,(H,24,27). The topological polar surface area (TPSA) is 82.5 Å². The molecular formula is C23H21N3O4. The molecule has 0 saturated carbocycles. The number of rotatable bonds is 4. The SMILES string of the molecule is O=C(Cn1nc(-c2ccccc2)c2c(c1=O)CCCC2)Nc1ccc2c(c1)OCO2. The molecule has 152 valence electrons. The summed E-state index contributed by atoms with van der Waals surface area (Å²) in [5.41, 5.74) is 3.96. The summed E-state index contributed by atoms with van der Waals surface area (Å²) in [6, 6.07) is 15.0. The molecule has 2 aromatic carbocycles. The molecule has 0 saturated heterocycles. The predicted octanol–water partition coefficient (Wildman–Crippen LogP) is 3.16. The van der Waals surface area contributed by atoms with Crippen LogP contribution < -0.4 is 20.3 Å².